The van der Waals surface area contributed by atoms with E-state index in [9.17, 15) is 14.7 Å². The number of nitrogens with one attached hydrogen (secondary N) is 3. The SMILES string of the molecule is CCc1cc(OCC(C)N(C)C)c(F)c(C(Nc2ccc(C(=N)N)cc2)c2nn(-c3ccccc3C(=O)O)c(=O)[nH]2)c1. The monoisotopic (exact) mass is 575 g/mol. The van der Waals surface area contributed by atoms with Crippen LogP contribution in [0.25, 0.3) is 5.69 Å². The van der Waals surface area contributed by atoms with E-state index in [1.807, 2.05) is 32.8 Å². The Morgan fingerprint density at radius 3 is 2.52 bits per heavy atom. The highest BCUT2D eigenvalue weighted by Crippen LogP contribution is 2.33. The number of anilines is 1. The van der Waals surface area contributed by atoms with E-state index < -0.39 is 23.5 Å². The number of carbonyl (C=O) groups is 1. The maximum absolute atomic E-state index is 16.2. The molecule has 12 heteroatoms. The molecule has 0 radical (unpaired) electrons. The lowest BCUT2D eigenvalue weighted by Crippen LogP contribution is -2.30. The molecule has 220 valence electrons. The number of likely N-dealkylation sites (N-methyl/N-ethyl adjacent to an activating group) is 1. The minimum absolute atomic E-state index is 0.0215. The Balaban J connectivity index is 1.86. The Labute approximate surface area is 242 Å². The summed E-state index contributed by atoms with van der Waals surface area (Å²) in [5.74, 6) is -1.84. The molecule has 4 aromatic rings. The minimum Gasteiger partial charge on any atom is -0.489 e. The Kier molecular flexibility index (Phi) is 9.06. The van der Waals surface area contributed by atoms with E-state index in [-0.39, 0.29) is 46.9 Å². The minimum atomic E-state index is -1.22. The van der Waals surface area contributed by atoms with Crippen LogP contribution in [0.1, 0.15) is 52.8 Å². The van der Waals surface area contributed by atoms with Gasteiger partial charge in [0, 0.05) is 22.9 Å². The van der Waals surface area contributed by atoms with Crippen molar-refractivity contribution >= 4 is 17.5 Å². The molecular weight excluding hydrogens is 541 g/mol. The van der Waals surface area contributed by atoms with Crippen molar-refractivity contribution in [3.8, 4) is 11.4 Å². The average molecular weight is 576 g/mol. The molecule has 0 saturated carbocycles. The number of halogens is 1. The quantitative estimate of drug-likeness (QED) is 0.126. The number of carboxylic acid groups (broad SMARTS) is 1. The number of aromatic carboxylic acids is 1. The van der Waals surface area contributed by atoms with Gasteiger partial charge in [-0.1, -0.05) is 25.1 Å². The number of benzene rings is 3. The second-order valence-electron chi connectivity index (χ2n) is 10.1. The van der Waals surface area contributed by atoms with Crippen LogP contribution in [0.2, 0.25) is 0 Å². The summed E-state index contributed by atoms with van der Waals surface area (Å²) < 4.78 is 23.1. The highest BCUT2D eigenvalue weighted by atomic mass is 19.1. The number of carboxylic acids is 1. The van der Waals surface area contributed by atoms with E-state index in [4.69, 9.17) is 15.9 Å². The summed E-state index contributed by atoms with van der Waals surface area (Å²) in [6.45, 7) is 4.15. The van der Waals surface area contributed by atoms with Crippen LogP contribution >= 0.6 is 0 Å². The van der Waals surface area contributed by atoms with Crippen molar-refractivity contribution in [3.63, 3.8) is 0 Å². The molecule has 1 heterocycles. The van der Waals surface area contributed by atoms with Crippen LogP contribution in [-0.2, 0) is 6.42 Å². The molecule has 0 bridgehead atoms. The predicted octanol–water partition coefficient (Wildman–Crippen LogP) is 3.77. The van der Waals surface area contributed by atoms with Gasteiger partial charge in [0.25, 0.3) is 0 Å². The van der Waals surface area contributed by atoms with Crippen LogP contribution in [0, 0.1) is 11.2 Å². The zero-order chi connectivity index (χ0) is 30.6. The molecule has 42 heavy (non-hydrogen) atoms. The van der Waals surface area contributed by atoms with Crippen LogP contribution < -0.4 is 21.5 Å². The van der Waals surface area contributed by atoms with Crippen LogP contribution in [-0.4, -0.2) is 63.3 Å². The summed E-state index contributed by atoms with van der Waals surface area (Å²) in [6.07, 6.45) is 0.587. The topological polar surface area (TPSA) is 162 Å². The van der Waals surface area contributed by atoms with E-state index in [0.29, 0.717) is 17.7 Å². The molecule has 0 fully saturated rings. The van der Waals surface area contributed by atoms with Crippen LogP contribution in [0.3, 0.4) is 0 Å². The van der Waals surface area contributed by atoms with E-state index in [0.717, 1.165) is 10.2 Å². The summed E-state index contributed by atoms with van der Waals surface area (Å²) in [7, 11) is 3.82. The third-order valence-corrected chi connectivity index (χ3v) is 6.99. The third kappa shape index (κ3) is 6.50. The number of aromatic nitrogens is 3. The molecule has 0 aliphatic heterocycles. The van der Waals surface area contributed by atoms with Gasteiger partial charge in [-0.15, -0.1) is 5.10 Å². The standard InChI is InChI=1S/C30H34FN7O4/c1-5-18-14-22(25(31)24(15-18)42-16-17(2)37(3)4)26(34-20-12-10-19(11-13-20)27(32)33)28-35-30(41)38(36-28)23-9-7-6-8-21(23)29(39)40/h6-15,17,26,34H,5,16H2,1-4H3,(H3,32,33)(H,39,40)(H,35,36,41). The third-order valence-electron chi connectivity index (χ3n) is 6.99. The van der Waals surface area contributed by atoms with Crippen LogP contribution in [0.4, 0.5) is 10.1 Å². The number of amidine groups is 1. The largest absolute Gasteiger partial charge is 0.489 e. The van der Waals surface area contributed by atoms with Crippen molar-refractivity contribution in [2.24, 2.45) is 5.73 Å². The maximum atomic E-state index is 16.2. The van der Waals surface area contributed by atoms with Gasteiger partial charge in [0.15, 0.2) is 17.4 Å². The van der Waals surface area contributed by atoms with E-state index in [1.165, 1.54) is 12.1 Å². The summed E-state index contributed by atoms with van der Waals surface area (Å²) in [5.41, 5.74) is 6.86. The molecule has 0 spiro atoms. The molecule has 0 saturated heterocycles. The number of rotatable bonds is 12. The van der Waals surface area contributed by atoms with Crippen LogP contribution in [0.5, 0.6) is 5.75 Å². The molecule has 2 unspecified atom stereocenters. The first-order valence-electron chi connectivity index (χ1n) is 13.3. The van der Waals surface area contributed by atoms with Gasteiger partial charge in [-0.3, -0.25) is 10.4 Å². The number of aryl methyl sites for hydroxylation is 1. The number of ether oxygens (including phenoxy) is 1. The normalized spacial score (nSPS) is 12.6. The number of hydrogen-bond acceptors (Lipinski definition) is 7. The van der Waals surface area contributed by atoms with E-state index >= 15 is 4.39 Å². The van der Waals surface area contributed by atoms with Crippen molar-refractivity contribution in [1.29, 1.82) is 5.41 Å². The molecule has 11 nitrogen and oxygen atoms in total. The van der Waals surface area contributed by atoms with Gasteiger partial charge in [-0.05, 0) is 75.5 Å². The van der Waals surface area contributed by atoms with E-state index in [1.54, 1.807) is 48.5 Å². The Morgan fingerprint density at radius 1 is 1.21 bits per heavy atom. The van der Waals surface area contributed by atoms with Crippen molar-refractivity contribution in [1.82, 2.24) is 19.7 Å². The molecular formula is C30H34FN7O4. The van der Waals surface area contributed by atoms with Crippen molar-refractivity contribution in [2.75, 3.05) is 26.0 Å². The fourth-order valence-electron chi connectivity index (χ4n) is 4.24. The van der Waals surface area contributed by atoms with Gasteiger partial charge < -0.3 is 25.8 Å². The molecule has 2 atom stereocenters. The number of nitrogens with two attached hydrogens (primary N) is 1. The second kappa shape index (κ2) is 12.7. The molecule has 4 rings (SSSR count). The van der Waals surface area contributed by atoms with Crippen molar-refractivity contribution in [2.45, 2.75) is 32.4 Å². The molecule has 0 amide bonds. The zero-order valence-corrected chi connectivity index (χ0v) is 23.8. The molecule has 0 aliphatic rings. The smallest absolute Gasteiger partial charge is 0.348 e. The average Bonchev–Trinajstić information content (AvgIpc) is 3.36. The highest BCUT2D eigenvalue weighted by molar-refractivity contribution is 5.95. The molecule has 6 N–H and O–H groups in total. The lowest BCUT2D eigenvalue weighted by Gasteiger charge is -2.23. The highest BCUT2D eigenvalue weighted by Gasteiger charge is 2.27. The summed E-state index contributed by atoms with van der Waals surface area (Å²) in [5, 5.41) is 25.0. The first-order chi connectivity index (χ1) is 20.0. The predicted molar refractivity (Wildman–Crippen MR) is 158 cm³/mol. The number of nitrogens with zero attached hydrogens (tertiary/aromatic N) is 3. The van der Waals surface area contributed by atoms with Gasteiger partial charge in [0.05, 0.1) is 11.3 Å². The summed E-state index contributed by atoms with van der Waals surface area (Å²) >= 11 is 0. The Bertz CT molecular complexity index is 1650. The molecule has 0 aliphatic carbocycles. The number of nitrogen functional groups attached to an aromatic ring is 1. The summed E-state index contributed by atoms with van der Waals surface area (Å²) in [6, 6.07) is 15.0. The van der Waals surface area contributed by atoms with E-state index in [2.05, 4.69) is 15.4 Å². The van der Waals surface area contributed by atoms with Gasteiger partial charge in [0.1, 0.15) is 18.5 Å². The Morgan fingerprint density at radius 2 is 1.90 bits per heavy atom. The fourth-order valence-corrected chi connectivity index (χ4v) is 4.24. The summed E-state index contributed by atoms with van der Waals surface area (Å²) in [4.78, 5) is 29.6. The number of H-pyrrole nitrogens is 1. The number of hydrogen-bond donors (Lipinski definition) is 5. The first-order valence-corrected chi connectivity index (χ1v) is 13.3. The number of aromatic amines is 1. The maximum Gasteiger partial charge on any atom is 0.348 e. The Hall–Kier alpha value is -4.97. The van der Waals surface area contributed by atoms with Gasteiger partial charge in [0.2, 0.25) is 0 Å². The van der Waals surface area contributed by atoms with Crippen molar-refractivity contribution in [3.05, 3.63) is 105 Å². The van der Waals surface area contributed by atoms with Crippen molar-refractivity contribution < 1.29 is 19.0 Å². The van der Waals surface area contributed by atoms with Gasteiger partial charge >= 0.3 is 11.7 Å². The first kappa shape index (κ1) is 30.0. The van der Waals surface area contributed by atoms with Crippen LogP contribution in [0.15, 0.2) is 65.5 Å². The lowest BCUT2D eigenvalue weighted by molar-refractivity contribution is 0.0696. The zero-order valence-electron chi connectivity index (χ0n) is 23.8. The second-order valence-corrected chi connectivity index (χ2v) is 10.1. The lowest BCUT2D eigenvalue weighted by atomic mass is 10.00. The number of para-hydroxylation sites is 1. The fraction of sp³-hybridized carbons (Fsp3) is 0.267. The molecule has 3 aromatic carbocycles. The molecule has 1 aromatic heterocycles. The van der Waals surface area contributed by atoms with Gasteiger partial charge in [-0.2, -0.15) is 4.68 Å². The van der Waals surface area contributed by atoms with Gasteiger partial charge in [-0.25, -0.2) is 14.0 Å².